The molecule has 18 rings (SSSR count). The number of ketones is 1. The van der Waals surface area contributed by atoms with Crippen molar-refractivity contribution < 1.29 is 26.8 Å². The van der Waals surface area contributed by atoms with Gasteiger partial charge in [-0.15, -0.1) is 0 Å². The zero-order chi connectivity index (χ0) is 58.5. The number of benzene rings is 3. The quantitative estimate of drug-likeness (QED) is 0.225. The SMILES string of the molecule is CC(=O)N[C@H]1CC2(CCN(C[C@H]3CC4CCC3CC4)CC2)c2ccccc21.CC(=O)N[C@H]1CC2(CCN([C@H]3CC4CCC3CC4)CC2)c2ccccc21.CCOC(=O)N1C2CCC3CC(N4CCC5(CC4)c4ccccc4C(=O)C5(C)C)CCC321.[HH].[HH]. The fourth-order valence-electron chi connectivity index (χ4n) is 22.3. The molecular weight excluding hydrogens is 1050 g/mol. The van der Waals surface area contributed by atoms with Crippen LogP contribution in [0.5, 0.6) is 0 Å². The standard InChI is InChI=1S/C27H36N2O3.C24H34N2O.C23H32N2O.2H2/c1-4-32-24(31)29-22-10-9-18-17-19(11-12-27(18,22)29)28-15-13-26(14-16-28)21-8-6-5-7-20(21)23(30)25(26,2)3;1-17(27)25-23-15-24(22-5-3-2-4-21(22)23)10-12-26(13-11-24)16-20-14-18-6-8-19(20)9-7-18;1-16(26)24-21-15-23(20-5-3-2-4-19(20)21)10-12-25(13-11-23)22-14-17-6-8-18(22)9-7-17;;/h5-8,18-19,22H,4,9-17H2,1-3H3;2-5,18-20,23H,6-16H2,1H3,(H,25,27);2-5,17-18,21-22H,6-15H2,1H3,(H,24,26);2*1H/t;18?,19?,20-,23+;17?,18?,21-,22-;;/m.10../s1. The van der Waals surface area contributed by atoms with Crippen molar-refractivity contribution in [2.75, 3.05) is 52.4 Å². The third kappa shape index (κ3) is 10.1. The summed E-state index contributed by atoms with van der Waals surface area (Å²) in [4.78, 5) is 59.5. The Kier molecular flexibility index (Phi) is 15.6. The van der Waals surface area contributed by atoms with E-state index in [-0.39, 0.29) is 60.0 Å². The first kappa shape index (κ1) is 58.1. The minimum Gasteiger partial charge on any atom is -0.450 e. The van der Waals surface area contributed by atoms with Gasteiger partial charge in [0, 0.05) is 62.6 Å². The maximum atomic E-state index is 13.2. The van der Waals surface area contributed by atoms with Crippen molar-refractivity contribution in [3.05, 3.63) is 106 Å². The monoisotopic (exact) mass is 1160 g/mol. The molecule has 0 aromatic heterocycles. The highest BCUT2D eigenvalue weighted by Gasteiger charge is 2.73. The molecule has 4 bridgehead atoms. The molecular formula is C74H106N6O5. The van der Waals surface area contributed by atoms with Gasteiger partial charge < -0.3 is 30.1 Å². The van der Waals surface area contributed by atoms with Gasteiger partial charge in [-0.2, -0.15) is 0 Å². The van der Waals surface area contributed by atoms with Crippen molar-refractivity contribution in [3.63, 3.8) is 0 Å². The third-order valence-electron chi connectivity index (χ3n) is 26.8. The second-order valence-electron chi connectivity index (χ2n) is 30.7. The second kappa shape index (κ2) is 22.8. The molecule has 11 heteroatoms. The van der Waals surface area contributed by atoms with E-state index in [0.717, 1.165) is 92.8 Å². The van der Waals surface area contributed by atoms with Crippen LogP contribution in [0.25, 0.3) is 0 Å². The molecule has 462 valence electrons. The molecule has 4 aliphatic heterocycles. The van der Waals surface area contributed by atoms with Gasteiger partial charge in [0.15, 0.2) is 5.78 Å². The first-order valence-electron chi connectivity index (χ1n) is 34.7. The van der Waals surface area contributed by atoms with E-state index in [1.807, 2.05) is 19.1 Å². The molecule has 4 heterocycles. The Hall–Kier alpha value is -4.58. The van der Waals surface area contributed by atoms with Crippen LogP contribution in [0.15, 0.2) is 72.8 Å². The van der Waals surface area contributed by atoms with Crippen LogP contribution in [-0.4, -0.2) is 119 Å². The number of piperidine rings is 4. The summed E-state index contributed by atoms with van der Waals surface area (Å²) < 4.78 is 5.35. The van der Waals surface area contributed by atoms with Crippen LogP contribution in [-0.2, 0) is 30.6 Å². The smallest absolute Gasteiger partial charge is 0.410 e. The molecule has 3 aromatic carbocycles. The van der Waals surface area contributed by atoms with Crippen LogP contribution in [0.2, 0.25) is 0 Å². The molecule has 3 amide bonds. The summed E-state index contributed by atoms with van der Waals surface area (Å²) >= 11 is 0. The normalized spacial score (nSPS) is 35.6. The van der Waals surface area contributed by atoms with Crippen molar-refractivity contribution >= 4 is 23.7 Å². The average molecular weight is 1160 g/mol. The van der Waals surface area contributed by atoms with E-state index in [1.165, 1.54) is 170 Å². The molecule has 3 aromatic rings. The Morgan fingerprint density at radius 1 is 0.588 bits per heavy atom. The van der Waals surface area contributed by atoms with Crippen molar-refractivity contribution in [2.24, 2.45) is 40.9 Å². The van der Waals surface area contributed by atoms with Gasteiger partial charge in [-0.25, -0.2) is 4.79 Å². The Morgan fingerprint density at radius 2 is 1.13 bits per heavy atom. The number of carbonyl (C=O) groups is 4. The second-order valence-corrected chi connectivity index (χ2v) is 30.7. The van der Waals surface area contributed by atoms with Gasteiger partial charge in [0.25, 0.3) is 0 Å². The Morgan fingerprint density at radius 3 is 1.68 bits per heavy atom. The van der Waals surface area contributed by atoms with Crippen LogP contribution in [0.4, 0.5) is 4.79 Å². The van der Waals surface area contributed by atoms with E-state index >= 15 is 0 Å². The van der Waals surface area contributed by atoms with Crippen molar-refractivity contribution in [2.45, 2.75) is 234 Å². The van der Waals surface area contributed by atoms with E-state index in [4.69, 9.17) is 4.74 Å². The molecule has 8 saturated carbocycles. The Labute approximate surface area is 512 Å². The highest BCUT2D eigenvalue weighted by molar-refractivity contribution is 6.06. The number of ether oxygens (including phenoxy) is 1. The molecule has 8 atom stereocenters. The third-order valence-corrected chi connectivity index (χ3v) is 26.8. The highest BCUT2D eigenvalue weighted by atomic mass is 16.6. The lowest BCUT2D eigenvalue weighted by Gasteiger charge is -2.51. The van der Waals surface area contributed by atoms with E-state index in [0.29, 0.717) is 30.4 Å². The van der Waals surface area contributed by atoms with Gasteiger partial charge >= 0.3 is 6.09 Å². The summed E-state index contributed by atoms with van der Waals surface area (Å²) in [6, 6.07) is 28.4. The Balaban J connectivity index is 0.000000127. The first-order valence-corrected chi connectivity index (χ1v) is 34.7. The number of fused-ring (bicyclic) bond motifs is 12. The van der Waals surface area contributed by atoms with Gasteiger partial charge in [0.05, 0.1) is 30.3 Å². The number of likely N-dealkylation sites (tertiary alicyclic amines) is 4. The number of Topliss-reactive ketones (excluding diaryl/α,β-unsaturated/α-hetero) is 1. The fraction of sp³-hybridized carbons (Fsp3) is 0.703. The van der Waals surface area contributed by atoms with Gasteiger partial charge in [0.2, 0.25) is 11.8 Å². The van der Waals surface area contributed by atoms with Gasteiger partial charge in [0.1, 0.15) is 0 Å². The van der Waals surface area contributed by atoms with Crippen molar-refractivity contribution in [1.82, 2.24) is 30.2 Å². The molecule has 4 unspecified atom stereocenters. The topological polar surface area (TPSA) is 114 Å². The molecule has 0 radical (unpaired) electrons. The number of nitrogens with one attached hydrogen (secondary N) is 2. The molecule has 2 N–H and O–H groups in total. The van der Waals surface area contributed by atoms with Gasteiger partial charge in [-0.3, -0.25) is 19.3 Å². The zero-order valence-electron chi connectivity index (χ0n) is 52.5. The molecule has 15 aliphatic rings. The van der Waals surface area contributed by atoms with Gasteiger partial charge in [-0.1, -0.05) is 112 Å². The maximum Gasteiger partial charge on any atom is 0.410 e. The van der Waals surface area contributed by atoms with Crippen LogP contribution in [0.3, 0.4) is 0 Å². The zero-order valence-corrected chi connectivity index (χ0v) is 52.5. The minimum atomic E-state index is -0.327. The lowest BCUT2D eigenvalue weighted by molar-refractivity contribution is -0.120. The number of rotatable bonds is 7. The van der Waals surface area contributed by atoms with Crippen LogP contribution < -0.4 is 10.6 Å². The van der Waals surface area contributed by atoms with Crippen LogP contribution >= 0.6 is 0 Å². The predicted octanol–water partition coefficient (Wildman–Crippen LogP) is 13.9. The van der Waals surface area contributed by atoms with E-state index in [9.17, 15) is 19.2 Å². The minimum absolute atomic E-state index is 0. The van der Waals surface area contributed by atoms with Crippen molar-refractivity contribution in [1.29, 1.82) is 0 Å². The van der Waals surface area contributed by atoms with E-state index in [2.05, 4.69) is 105 Å². The van der Waals surface area contributed by atoms with Crippen LogP contribution in [0.1, 0.15) is 235 Å². The molecule has 4 saturated heterocycles. The summed E-state index contributed by atoms with van der Waals surface area (Å²) in [6.45, 7) is 18.4. The molecule has 4 spiro atoms. The first-order chi connectivity index (χ1) is 41.1. The lowest BCUT2D eigenvalue weighted by atomic mass is 9.60. The molecule has 12 fully saturated rings. The lowest BCUT2D eigenvalue weighted by Crippen LogP contribution is -2.54. The Bertz CT molecular complexity index is 2980. The van der Waals surface area contributed by atoms with Crippen molar-refractivity contribution in [3.8, 4) is 0 Å². The number of hydrogen-bond donors (Lipinski definition) is 2. The summed E-state index contributed by atoms with van der Waals surface area (Å²) in [5.41, 5.74) is 8.34. The molecule has 85 heavy (non-hydrogen) atoms. The fourth-order valence-corrected chi connectivity index (χ4v) is 22.3. The highest BCUT2D eigenvalue weighted by Crippen LogP contribution is 2.64. The molecule has 11 aliphatic carbocycles. The van der Waals surface area contributed by atoms with E-state index < -0.39 is 0 Å². The van der Waals surface area contributed by atoms with Crippen LogP contribution in [0, 0.1) is 40.9 Å². The van der Waals surface area contributed by atoms with E-state index in [1.54, 1.807) is 13.8 Å². The molecule has 11 nitrogen and oxygen atoms in total. The number of nitrogens with zero attached hydrogens (tertiary/aromatic N) is 4. The largest absolute Gasteiger partial charge is 0.450 e. The maximum absolute atomic E-state index is 13.2. The number of hydrogen-bond acceptors (Lipinski definition) is 8. The predicted molar refractivity (Wildman–Crippen MR) is 339 cm³/mol. The van der Waals surface area contributed by atoms with Gasteiger partial charge in [-0.05, 0) is 232 Å². The summed E-state index contributed by atoms with van der Waals surface area (Å²) in [5.74, 6) is 6.14. The number of amides is 3. The summed E-state index contributed by atoms with van der Waals surface area (Å²) in [5, 5.41) is 6.43. The number of carbonyl (C=O) groups excluding carboxylic acids is 4. The summed E-state index contributed by atoms with van der Waals surface area (Å²) in [7, 11) is 0. The average Bonchev–Trinajstić information content (AvgIpc) is 1.52. The summed E-state index contributed by atoms with van der Waals surface area (Å²) in [6.07, 6.45) is 30.0.